The summed E-state index contributed by atoms with van der Waals surface area (Å²) in [4.78, 5) is 25.6. The minimum atomic E-state index is -1.07. The smallest absolute Gasteiger partial charge is 0.341 e. The van der Waals surface area contributed by atoms with Crippen LogP contribution in [0.3, 0.4) is 0 Å². The van der Waals surface area contributed by atoms with Crippen molar-refractivity contribution < 1.29 is 28.9 Å². The van der Waals surface area contributed by atoms with Crippen molar-refractivity contribution in [2.24, 2.45) is 0 Å². The molecule has 1 aliphatic rings. The molecule has 1 atom stereocenters. The predicted octanol–water partition coefficient (Wildman–Crippen LogP) is 3.14. The molecule has 2 aromatic carbocycles. The monoisotopic (exact) mass is 385 g/mol. The fraction of sp³-hybridized carbons (Fsp3) is 0.333. The van der Waals surface area contributed by atoms with Crippen molar-refractivity contribution in [2.75, 3.05) is 27.4 Å². The van der Waals surface area contributed by atoms with Gasteiger partial charge in [0, 0.05) is 23.7 Å². The van der Waals surface area contributed by atoms with Crippen LogP contribution < -0.4 is 14.2 Å². The molecule has 3 rings (SSSR count). The lowest BCUT2D eigenvalue weighted by molar-refractivity contribution is -0.139. The summed E-state index contributed by atoms with van der Waals surface area (Å²) in [7, 11) is 3.20. The van der Waals surface area contributed by atoms with Crippen molar-refractivity contribution in [3.8, 4) is 17.2 Å². The molecule has 1 heterocycles. The van der Waals surface area contributed by atoms with Crippen molar-refractivity contribution in [3.05, 3.63) is 53.6 Å². The molecule has 0 aromatic heterocycles. The maximum absolute atomic E-state index is 13.1. The summed E-state index contributed by atoms with van der Waals surface area (Å²) in [5, 5.41) is 8.75. The summed E-state index contributed by atoms with van der Waals surface area (Å²) >= 11 is 0. The first-order chi connectivity index (χ1) is 13.5. The Morgan fingerprint density at radius 3 is 2.64 bits per heavy atom. The average molecular weight is 385 g/mol. The van der Waals surface area contributed by atoms with Gasteiger partial charge in [0.05, 0.1) is 20.3 Å². The zero-order valence-corrected chi connectivity index (χ0v) is 15.9. The molecular formula is C21H23NO6. The molecular weight excluding hydrogens is 362 g/mol. The second-order valence-corrected chi connectivity index (χ2v) is 6.47. The number of carbonyl (C=O) groups is 2. The van der Waals surface area contributed by atoms with Crippen LogP contribution in [-0.2, 0) is 4.79 Å². The number of hydrogen-bond acceptors (Lipinski definition) is 5. The van der Waals surface area contributed by atoms with E-state index >= 15 is 0 Å². The Hall–Kier alpha value is -3.22. The van der Waals surface area contributed by atoms with Gasteiger partial charge in [-0.2, -0.15) is 0 Å². The van der Waals surface area contributed by atoms with Crippen molar-refractivity contribution in [2.45, 2.75) is 18.9 Å². The summed E-state index contributed by atoms with van der Waals surface area (Å²) in [5.41, 5.74) is 1.40. The number of benzene rings is 2. The van der Waals surface area contributed by atoms with Gasteiger partial charge in [0.1, 0.15) is 17.2 Å². The van der Waals surface area contributed by atoms with Gasteiger partial charge < -0.3 is 24.2 Å². The van der Waals surface area contributed by atoms with E-state index in [1.807, 2.05) is 23.1 Å². The summed E-state index contributed by atoms with van der Waals surface area (Å²) in [6.45, 7) is 0.186. The molecule has 148 valence electrons. The molecule has 7 nitrogen and oxygen atoms in total. The Labute approximate surface area is 163 Å². The van der Waals surface area contributed by atoms with Gasteiger partial charge in [-0.3, -0.25) is 4.79 Å². The number of amides is 1. The number of aliphatic carboxylic acids is 1. The standard InChI is InChI=1S/C21H23NO6/c1-26-15-8-9-17(19(12-15)27-2)18-7-4-10-22(18)21(25)14-5-3-6-16(11-14)28-13-20(23)24/h3,5-6,8-9,11-12,18H,4,7,10,13H2,1-2H3,(H,23,24). The maximum Gasteiger partial charge on any atom is 0.341 e. The number of carboxylic acids is 1. The molecule has 1 saturated heterocycles. The van der Waals surface area contributed by atoms with Crippen LogP contribution in [0.1, 0.15) is 34.8 Å². The van der Waals surface area contributed by atoms with E-state index in [0.29, 0.717) is 29.4 Å². The molecule has 28 heavy (non-hydrogen) atoms. The molecule has 0 radical (unpaired) electrons. The molecule has 7 heteroatoms. The van der Waals surface area contributed by atoms with Gasteiger partial charge >= 0.3 is 5.97 Å². The molecule has 2 aromatic rings. The number of hydrogen-bond donors (Lipinski definition) is 1. The van der Waals surface area contributed by atoms with Crippen molar-refractivity contribution in [1.82, 2.24) is 4.90 Å². The molecule has 0 spiro atoms. The van der Waals surface area contributed by atoms with Gasteiger partial charge in [-0.1, -0.05) is 6.07 Å². The second kappa shape index (κ2) is 8.65. The van der Waals surface area contributed by atoms with E-state index in [9.17, 15) is 9.59 Å². The van der Waals surface area contributed by atoms with E-state index in [2.05, 4.69) is 0 Å². The SMILES string of the molecule is COc1ccc(C2CCCN2C(=O)c2cccc(OCC(=O)O)c2)c(OC)c1. The Morgan fingerprint density at radius 1 is 1.11 bits per heavy atom. The van der Waals surface area contributed by atoms with Gasteiger partial charge in [0.25, 0.3) is 5.91 Å². The Kier molecular flexibility index (Phi) is 6.03. The first-order valence-corrected chi connectivity index (χ1v) is 9.01. The number of ether oxygens (including phenoxy) is 3. The number of nitrogens with zero attached hydrogens (tertiary/aromatic N) is 1. The Bertz CT molecular complexity index is 866. The molecule has 1 unspecified atom stereocenters. The van der Waals surface area contributed by atoms with E-state index in [-0.39, 0.29) is 11.9 Å². The summed E-state index contributed by atoms with van der Waals surface area (Å²) < 4.78 is 16.0. The van der Waals surface area contributed by atoms with Crippen LogP contribution in [0.25, 0.3) is 0 Å². The van der Waals surface area contributed by atoms with Crippen LogP contribution >= 0.6 is 0 Å². The predicted molar refractivity (Wildman–Crippen MR) is 102 cm³/mol. The van der Waals surface area contributed by atoms with E-state index in [0.717, 1.165) is 18.4 Å². The zero-order valence-electron chi connectivity index (χ0n) is 15.9. The van der Waals surface area contributed by atoms with Crippen molar-refractivity contribution in [1.29, 1.82) is 0 Å². The number of rotatable bonds is 7. The van der Waals surface area contributed by atoms with Crippen molar-refractivity contribution in [3.63, 3.8) is 0 Å². The number of likely N-dealkylation sites (tertiary alicyclic amines) is 1. The highest BCUT2D eigenvalue weighted by Crippen LogP contribution is 2.39. The zero-order chi connectivity index (χ0) is 20.1. The van der Waals surface area contributed by atoms with Gasteiger partial charge in [0.15, 0.2) is 6.61 Å². The molecule has 0 bridgehead atoms. The minimum Gasteiger partial charge on any atom is -0.497 e. The van der Waals surface area contributed by atoms with Crippen LogP contribution in [0.4, 0.5) is 0 Å². The highest BCUT2D eigenvalue weighted by molar-refractivity contribution is 5.95. The Balaban J connectivity index is 1.84. The fourth-order valence-electron chi connectivity index (χ4n) is 3.46. The van der Waals surface area contributed by atoms with Crippen molar-refractivity contribution >= 4 is 11.9 Å². The summed E-state index contributed by atoms with van der Waals surface area (Å²) in [6, 6.07) is 12.1. The van der Waals surface area contributed by atoms with E-state index in [1.54, 1.807) is 38.5 Å². The maximum atomic E-state index is 13.1. The first-order valence-electron chi connectivity index (χ1n) is 9.01. The van der Waals surface area contributed by atoms with E-state index < -0.39 is 12.6 Å². The summed E-state index contributed by atoms with van der Waals surface area (Å²) in [6.07, 6.45) is 1.73. The van der Waals surface area contributed by atoms with E-state index in [4.69, 9.17) is 19.3 Å². The lowest BCUT2D eigenvalue weighted by Gasteiger charge is -2.27. The lowest BCUT2D eigenvalue weighted by Crippen LogP contribution is -2.30. The largest absolute Gasteiger partial charge is 0.497 e. The van der Waals surface area contributed by atoms with Crippen LogP contribution in [0.2, 0.25) is 0 Å². The van der Waals surface area contributed by atoms with Crippen LogP contribution in [-0.4, -0.2) is 49.3 Å². The fourth-order valence-corrected chi connectivity index (χ4v) is 3.46. The lowest BCUT2D eigenvalue weighted by atomic mass is 10.0. The molecule has 1 N–H and O–H groups in total. The highest BCUT2D eigenvalue weighted by Gasteiger charge is 2.32. The Morgan fingerprint density at radius 2 is 1.93 bits per heavy atom. The third kappa shape index (κ3) is 4.19. The number of carboxylic acid groups (broad SMARTS) is 1. The second-order valence-electron chi connectivity index (χ2n) is 6.47. The van der Waals surface area contributed by atoms with Crippen LogP contribution in [0.5, 0.6) is 17.2 Å². The topological polar surface area (TPSA) is 85.3 Å². The normalized spacial score (nSPS) is 15.9. The molecule has 0 aliphatic carbocycles. The molecule has 1 fully saturated rings. The molecule has 0 saturated carbocycles. The van der Waals surface area contributed by atoms with Gasteiger partial charge in [-0.15, -0.1) is 0 Å². The average Bonchev–Trinajstić information content (AvgIpc) is 3.20. The third-order valence-electron chi connectivity index (χ3n) is 4.76. The van der Waals surface area contributed by atoms with E-state index in [1.165, 1.54) is 0 Å². The van der Waals surface area contributed by atoms with Gasteiger partial charge in [-0.05, 0) is 43.2 Å². The third-order valence-corrected chi connectivity index (χ3v) is 4.76. The molecule has 1 amide bonds. The quantitative estimate of drug-likeness (QED) is 0.788. The molecule has 1 aliphatic heterocycles. The minimum absolute atomic E-state index is 0.100. The van der Waals surface area contributed by atoms with Gasteiger partial charge in [-0.25, -0.2) is 4.79 Å². The van der Waals surface area contributed by atoms with Crippen LogP contribution in [0, 0.1) is 0 Å². The van der Waals surface area contributed by atoms with Gasteiger partial charge in [0.2, 0.25) is 0 Å². The number of carbonyl (C=O) groups excluding carboxylic acids is 1. The van der Waals surface area contributed by atoms with Crippen LogP contribution in [0.15, 0.2) is 42.5 Å². The first kappa shape index (κ1) is 19.5. The highest BCUT2D eigenvalue weighted by atomic mass is 16.5. The summed E-state index contributed by atoms with van der Waals surface area (Å²) in [5.74, 6) is 0.539. The number of methoxy groups -OCH3 is 2.